The van der Waals surface area contributed by atoms with Crippen LogP contribution in [0.5, 0.6) is 0 Å². The molecule has 1 aromatic carbocycles. The van der Waals surface area contributed by atoms with Gasteiger partial charge in [-0.3, -0.25) is 4.68 Å². The first-order valence-electron chi connectivity index (χ1n) is 7.87. The highest BCUT2D eigenvalue weighted by Crippen LogP contribution is 2.27. The van der Waals surface area contributed by atoms with Gasteiger partial charge < -0.3 is 9.42 Å². The number of benzene rings is 1. The Labute approximate surface area is 134 Å². The van der Waals surface area contributed by atoms with Crippen molar-refractivity contribution in [1.82, 2.24) is 19.9 Å². The molecule has 0 saturated carbocycles. The fourth-order valence-corrected chi connectivity index (χ4v) is 3.18. The predicted octanol–water partition coefficient (Wildman–Crippen LogP) is 3.00. The van der Waals surface area contributed by atoms with Gasteiger partial charge in [0.15, 0.2) is 0 Å². The molecule has 0 amide bonds. The molecule has 6 nitrogen and oxygen atoms in total. The largest absolute Gasteiger partial charge is 0.336 e. The fourth-order valence-electron chi connectivity index (χ4n) is 3.18. The third kappa shape index (κ3) is 2.60. The molecule has 1 saturated heterocycles. The number of nitrogens with zero attached hydrogens (tertiary/aromatic N) is 5. The maximum Gasteiger partial charge on any atom is 0.266 e. The van der Waals surface area contributed by atoms with Gasteiger partial charge in [-0.25, -0.2) is 0 Å². The van der Waals surface area contributed by atoms with Crippen molar-refractivity contribution in [3.05, 3.63) is 47.8 Å². The van der Waals surface area contributed by atoms with E-state index in [1.54, 1.807) is 0 Å². The van der Waals surface area contributed by atoms with Crippen molar-refractivity contribution < 1.29 is 4.52 Å². The van der Waals surface area contributed by atoms with Crippen LogP contribution in [0.2, 0.25) is 0 Å². The zero-order valence-electron chi connectivity index (χ0n) is 13.3. The third-order valence-corrected chi connectivity index (χ3v) is 4.27. The van der Waals surface area contributed by atoms with E-state index < -0.39 is 0 Å². The van der Waals surface area contributed by atoms with Gasteiger partial charge in [0.2, 0.25) is 0 Å². The van der Waals surface area contributed by atoms with Crippen molar-refractivity contribution in [3.63, 3.8) is 0 Å². The van der Waals surface area contributed by atoms with E-state index in [9.17, 15) is 0 Å². The molecule has 0 unspecified atom stereocenters. The van der Waals surface area contributed by atoms with Gasteiger partial charge in [0, 0.05) is 24.3 Å². The van der Waals surface area contributed by atoms with E-state index in [1.807, 2.05) is 37.3 Å². The maximum atomic E-state index is 5.41. The standard InChI is InChI=1S/C17H19N5O/c1-12-10-13(2)22(19-12)15-8-9-21(11-15)17-18-16(23-20-17)14-6-4-3-5-7-14/h3-7,10,15H,8-9,11H2,1-2H3/t15-/m0/s1. The van der Waals surface area contributed by atoms with Gasteiger partial charge in [0.25, 0.3) is 11.8 Å². The first-order valence-corrected chi connectivity index (χ1v) is 7.87. The minimum Gasteiger partial charge on any atom is -0.336 e. The molecule has 1 aliphatic rings. The smallest absolute Gasteiger partial charge is 0.266 e. The molecular weight excluding hydrogens is 290 g/mol. The van der Waals surface area contributed by atoms with Crippen molar-refractivity contribution in [2.45, 2.75) is 26.3 Å². The molecule has 0 radical (unpaired) electrons. The Morgan fingerprint density at radius 3 is 2.74 bits per heavy atom. The summed E-state index contributed by atoms with van der Waals surface area (Å²) in [5, 5.41) is 8.74. The van der Waals surface area contributed by atoms with Gasteiger partial charge in [-0.15, -0.1) is 0 Å². The lowest BCUT2D eigenvalue weighted by Gasteiger charge is -2.14. The average molecular weight is 309 g/mol. The summed E-state index contributed by atoms with van der Waals surface area (Å²) < 4.78 is 7.53. The van der Waals surface area contributed by atoms with E-state index in [2.05, 4.69) is 37.8 Å². The normalized spacial score (nSPS) is 17.8. The van der Waals surface area contributed by atoms with E-state index in [4.69, 9.17) is 4.52 Å². The Balaban J connectivity index is 1.52. The first-order chi connectivity index (χ1) is 11.2. The maximum absolute atomic E-state index is 5.41. The van der Waals surface area contributed by atoms with Crippen LogP contribution in [-0.4, -0.2) is 33.0 Å². The number of anilines is 1. The molecule has 3 heterocycles. The van der Waals surface area contributed by atoms with E-state index in [0.717, 1.165) is 30.8 Å². The lowest BCUT2D eigenvalue weighted by atomic mass is 10.2. The van der Waals surface area contributed by atoms with Gasteiger partial charge in [0.1, 0.15) is 0 Å². The lowest BCUT2D eigenvalue weighted by molar-refractivity contribution is 0.429. The highest BCUT2D eigenvalue weighted by molar-refractivity contribution is 5.54. The molecular formula is C17H19N5O. The van der Waals surface area contributed by atoms with Crippen LogP contribution in [-0.2, 0) is 0 Å². The monoisotopic (exact) mass is 309 g/mol. The number of hydrogen-bond donors (Lipinski definition) is 0. The van der Waals surface area contributed by atoms with Crippen LogP contribution in [0.15, 0.2) is 40.9 Å². The van der Waals surface area contributed by atoms with E-state index in [-0.39, 0.29) is 0 Å². The Bertz CT molecular complexity index is 808. The van der Waals surface area contributed by atoms with Crippen LogP contribution in [0.3, 0.4) is 0 Å². The molecule has 0 aliphatic carbocycles. The van der Waals surface area contributed by atoms with Crippen molar-refractivity contribution >= 4 is 5.95 Å². The summed E-state index contributed by atoms with van der Waals surface area (Å²) in [6.07, 6.45) is 1.04. The van der Waals surface area contributed by atoms with Crippen molar-refractivity contribution in [3.8, 4) is 11.5 Å². The number of aromatic nitrogens is 4. The van der Waals surface area contributed by atoms with Gasteiger partial charge in [0.05, 0.1) is 11.7 Å². The molecule has 1 fully saturated rings. The Kier molecular flexibility index (Phi) is 3.37. The van der Waals surface area contributed by atoms with Gasteiger partial charge in [-0.2, -0.15) is 10.1 Å². The van der Waals surface area contributed by atoms with Crippen LogP contribution in [0, 0.1) is 13.8 Å². The summed E-state index contributed by atoms with van der Waals surface area (Å²) in [7, 11) is 0. The van der Waals surface area contributed by atoms with Gasteiger partial charge >= 0.3 is 0 Å². The van der Waals surface area contributed by atoms with Crippen LogP contribution in [0.25, 0.3) is 11.5 Å². The molecule has 0 bridgehead atoms. The summed E-state index contributed by atoms with van der Waals surface area (Å²) >= 11 is 0. The highest BCUT2D eigenvalue weighted by atomic mass is 16.5. The van der Waals surface area contributed by atoms with Crippen LogP contribution >= 0.6 is 0 Å². The van der Waals surface area contributed by atoms with Crippen molar-refractivity contribution in [2.24, 2.45) is 0 Å². The molecule has 3 aromatic rings. The fraction of sp³-hybridized carbons (Fsp3) is 0.353. The minimum atomic E-state index is 0.363. The second kappa shape index (κ2) is 5.53. The van der Waals surface area contributed by atoms with Crippen molar-refractivity contribution in [2.75, 3.05) is 18.0 Å². The quantitative estimate of drug-likeness (QED) is 0.744. The second-order valence-corrected chi connectivity index (χ2v) is 6.03. The summed E-state index contributed by atoms with van der Waals surface area (Å²) in [6, 6.07) is 12.3. The van der Waals surface area contributed by atoms with E-state index in [0.29, 0.717) is 17.9 Å². The molecule has 2 aromatic heterocycles. The third-order valence-electron chi connectivity index (χ3n) is 4.27. The Morgan fingerprint density at radius 2 is 2.00 bits per heavy atom. The molecule has 0 N–H and O–H groups in total. The minimum absolute atomic E-state index is 0.363. The summed E-state index contributed by atoms with van der Waals surface area (Å²) in [5.41, 5.74) is 3.21. The van der Waals surface area contributed by atoms with Gasteiger partial charge in [-0.1, -0.05) is 18.2 Å². The van der Waals surface area contributed by atoms with E-state index >= 15 is 0 Å². The first kappa shape index (κ1) is 14.0. The van der Waals surface area contributed by atoms with Crippen LogP contribution in [0.4, 0.5) is 5.95 Å². The zero-order valence-corrected chi connectivity index (χ0v) is 13.3. The lowest BCUT2D eigenvalue weighted by Crippen LogP contribution is -2.22. The molecule has 1 atom stereocenters. The molecule has 118 valence electrons. The average Bonchev–Trinajstić information content (AvgIpc) is 3.27. The molecule has 23 heavy (non-hydrogen) atoms. The van der Waals surface area contributed by atoms with Crippen molar-refractivity contribution in [1.29, 1.82) is 0 Å². The summed E-state index contributed by atoms with van der Waals surface area (Å²) in [4.78, 5) is 6.70. The van der Waals surface area contributed by atoms with Gasteiger partial charge in [-0.05, 0) is 43.6 Å². The van der Waals surface area contributed by atoms with Crippen LogP contribution in [0.1, 0.15) is 23.9 Å². The molecule has 1 aliphatic heterocycles. The molecule has 0 spiro atoms. The highest BCUT2D eigenvalue weighted by Gasteiger charge is 2.28. The number of hydrogen-bond acceptors (Lipinski definition) is 5. The summed E-state index contributed by atoms with van der Waals surface area (Å²) in [5.74, 6) is 1.23. The molecule has 6 heteroatoms. The predicted molar refractivity (Wildman–Crippen MR) is 87.3 cm³/mol. The number of aryl methyl sites for hydroxylation is 2. The number of rotatable bonds is 3. The Morgan fingerprint density at radius 1 is 1.17 bits per heavy atom. The SMILES string of the molecule is Cc1cc(C)n([C@H]2CCN(c3noc(-c4ccccc4)n3)C2)n1. The topological polar surface area (TPSA) is 60.0 Å². The van der Waals surface area contributed by atoms with E-state index in [1.165, 1.54) is 5.69 Å². The zero-order chi connectivity index (χ0) is 15.8. The second-order valence-electron chi connectivity index (χ2n) is 6.03. The molecule has 4 rings (SSSR count). The Hall–Kier alpha value is -2.63. The van der Waals surface area contributed by atoms with Crippen LogP contribution < -0.4 is 4.90 Å². The summed E-state index contributed by atoms with van der Waals surface area (Å²) in [6.45, 7) is 5.90.